The number of carbonyl (C=O) groups is 2. The number of aliphatic hydroxyl groups is 1. The van der Waals surface area contributed by atoms with E-state index in [4.69, 9.17) is 4.74 Å². The van der Waals surface area contributed by atoms with Gasteiger partial charge in [-0.25, -0.2) is 4.39 Å². The summed E-state index contributed by atoms with van der Waals surface area (Å²) in [7, 11) is 1.44. The lowest BCUT2D eigenvalue weighted by Gasteiger charge is -2.35. The van der Waals surface area contributed by atoms with Crippen molar-refractivity contribution in [1.82, 2.24) is 4.90 Å². The van der Waals surface area contributed by atoms with Crippen molar-refractivity contribution in [1.29, 1.82) is 0 Å². The van der Waals surface area contributed by atoms with Gasteiger partial charge in [0.1, 0.15) is 11.6 Å². The van der Waals surface area contributed by atoms with Crippen molar-refractivity contribution < 1.29 is 37.0 Å². The molecular weight excluding hydrogens is 456 g/mol. The van der Waals surface area contributed by atoms with Gasteiger partial charge in [0.2, 0.25) is 11.8 Å². The monoisotopic (exact) mass is 482 g/mol. The summed E-state index contributed by atoms with van der Waals surface area (Å²) in [6.07, 6.45) is -4.73. The molecule has 0 spiro atoms. The number of methoxy groups -OCH3 is 1. The molecule has 1 aliphatic rings. The summed E-state index contributed by atoms with van der Waals surface area (Å²) in [5, 5.41) is 12.2. The third-order valence-electron chi connectivity index (χ3n) is 5.81. The van der Waals surface area contributed by atoms with Crippen LogP contribution in [0.5, 0.6) is 5.75 Å². The number of nitrogens with one attached hydrogen (secondary N) is 1. The van der Waals surface area contributed by atoms with Crippen molar-refractivity contribution in [2.75, 3.05) is 25.6 Å². The average Bonchev–Trinajstić information content (AvgIpc) is 2.77. The third kappa shape index (κ3) is 5.32. The molecule has 10 heteroatoms. The fraction of sp³-hybridized carbons (Fsp3) is 0.417. The lowest BCUT2D eigenvalue weighted by atomic mass is 9.90. The summed E-state index contributed by atoms with van der Waals surface area (Å²) in [6, 6.07) is 5.82. The van der Waals surface area contributed by atoms with E-state index in [2.05, 4.69) is 5.32 Å². The Morgan fingerprint density at radius 1 is 1.18 bits per heavy atom. The van der Waals surface area contributed by atoms with E-state index in [1.165, 1.54) is 7.11 Å². The number of rotatable bonds is 6. The predicted molar refractivity (Wildman–Crippen MR) is 117 cm³/mol. The highest BCUT2D eigenvalue weighted by Crippen LogP contribution is 2.36. The van der Waals surface area contributed by atoms with E-state index < -0.39 is 28.9 Å². The molecule has 2 amide bonds. The van der Waals surface area contributed by atoms with E-state index in [0.717, 1.165) is 17.2 Å². The second kappa shape index (κ2) is 9.61. The molecule has 0 saturated heterocycles. The molecule has 34 heavy (non-hydrogen) atoms. The van der Waals surface area contributed by atoms with Gasteiger partial charge >= 0.3 is 6.18 Å². The van der Waals surface area contributed by atoms with Crippen LogP contribution in [0.25, 0.3) is 0 Å². The van der Waals surface area contributed by atoms with Gasteiger partial charge in [0, 0.05) is 13.1 Å². The summed E-state index contributed by atoms with van der Waals surface area (Å²) < 4.78 is 57.5. The number of fused-ring (bicyclic) bond motifs is 1. The molecule has 0 atom stereocenters. The highest BCUT2D eigenvalue weighted by molar-refractivity contribution is 5.95. The minimum absolute atomic E-state index is 0.0924. The van der Waals surface area contributed by atoms with Crippen molar-refractivity contribution in [2.45, 2.75) is 39.4 Å². The fourth-order valence-electron chi connectivity index (χ4n) is 3.88. The highest BCUT2D eigenvalue weighted by atomic mass is 19.4. The van der Waals surface area contributed by atoms with E-state index >= 15 is 0 Å². The van der Waals surface area contributed by atoms with Crippen LogP contribution in [0.1, 0.15) is 36.1 Å². The number of benzene rings is 2. The first-order valence-corrected chi connectivity index (χ1v) is 10.6. The van der Waals surface area contributed by atoms with Crippen LogP contribution >= 0.6 is 0 Å². The van der Waals surface area contributed by atoms with Crippen LogP contribution < -0.4 is 10.1 Å². The zero-order chi connectivity index (χ0) is 25.3. The van der Waals surface area contributed by atoms with Gasteiger partial charge in [0.05, 0.1) is 36.8 Å². The molecule has 1 aliphatic heterocycles. The molecular formula is C24H26F4N2O4. The number of amides is 2. The SMILES string of the molecule is COc1ccc2c(c1NC(=O)Cc1ccc(C(F)(F)F)c(F)c1)CCN(C(=O)C(C)(C)CO)C2. The molecule has 184 valence electrons. The first kappa shape index (κ1) is 25.5. The summed E-state index contributed by atoms with van der Waals surface area (Å²) >= 11 is 0. The topological polar surface area (TPSA) is 78.9 Å². The zero-order valence-electron chi connectivity index (χ0n) is 19.1. The second-order valence-electron chi connectivity index (χ2n) is 8.84. The molecule has 0 bridgehead atoms. The molecule has 1 heterocycles. The van der Waals surface area contributed by atoms with E-state index in [9.17, 15) is 32.3 Å². The van der Waals surface area contributed by atoms with Gasteiger partial charge < -0.3 is 20.1 Å². The Balaban J connectivity index is 1.80. The average molecular weight is 482 g/mol. The smallest absolute Gasteiger partial charge is 0.419 e. The van der Waals surface area contributed by atoms with Crippen LogP contribution in [0.2, 0.25) is 0 Å². The molecule has 0 fully saturated rings. The van der Waals surface area contributed by atoms with Crippen LogP contribution in [0.15, 0.2) is 30.3 Å². The number of nitrogens with zero attached hydrogens (tertiary/aromatic N) is 1. The molecule has 0 aliphatic carbocycles. The van der Waals surface area contributed by atoms with Crippen molar-refractivity contribution in [2.24, 2.45) is 5.41 Å². The van der Waals surface area contributed by atoms with Crippen molar-refractivity contribution in [3.05, 3.63) is 58.4 Å². The Hall–Kier alpha value is -3.14. The number of carbonyl (C=O) groups excluding carboxylic acids is 2. The normalized spacial score (nSPS) is 13.9. The predicted octanol–water partition coefficient (Wildman–Crippen LogP) is 3.94. The number of aliphatic hydroxyl groups excluding tert-OH is 1. The number of hydrogen-bond donors (Lipinski definition) is 2. The molecule has 0 unspecified atom stereocenters. The lowest BCUT2D eigenvalue weighted by molar-refractivity contribution is -0.143. The quantitative estimate of drug-likeness (QED) is 0.612. The largest absolute Gasteiger partial charge is 0.495 e. The molecule has 3 rings (SSSR count). The van der Waals surface area contributed by atoms with Gasteiger partial charge in [-0.3, -0.25) is 9.59 Å². The van der Waals surface area contributed by atoms with Crippen molar-refractivity contribution in [3.63, 3.8) is 0 Å². The Labute approximate surface area is 194 Å². The Bertz CT molecular complexity index is 1100. The maximum Gasteiger partial charge on any atom is 0.419 e. The third-order valence-corrected chi connectivity index (χ3v) is 5.81. The van der Waals surface area contributed by atoms with Gasteiger partial charge in [0.15, 0.2) is 0 Å². The molecule has 0 aromatic heterocycles. The molecule has 2 aromatic rings. The maximum atomic E-state index is 13.9. The van der Waals surface area contributed by atoms with Gasteiger partial charge in [-0.2, -0.15) is 13.2 Å². The molecule has 2 aromatic carbocycles. The lowest BCUT2D eigenvalue weighted by Crippen LogP contribution is -2.45. The minimum Gasteiger partial charge on any atom is -0.495 e. The number of ether oxygens (including phenoxy) is 1. The van der Waals surface area contributed by atoms with Gasteiger partial charge in [-0.15, -0.1) is 0 Å². The van der Waals surface area contributed by atoms with Crippen LogP contribution in [0.4, 0.5) is 23.2 Å². The van der Waals surface area contributed by atoms with Gasteiger partial charge in [-0.05, 0) is 55.2 Å². The van der Waals surface area contributed by atoms with Crippen molar-refractivity contribution in [3.8, 4) is 5.75 Å². The first-order chi connectivity index (χ1) is 15.9. The van der Waals surface area contributed by atoms with Gasteiger partial charge in [0.25, 0.3) is 0 Å². The van der Waals surface area contributed by atoms with Crippen LogP contribution in [-0.4, -0.2) is 42.1 Å². The Kier molecular flexibility index (Phi) is 7.21. The van der Waals surface area contributed by atoms with Crippen LogP contribution in [0.3, 0.4) is 0 Å². The maximum absolute atomic E-state index is 13.9. The number of alkyl halides is 3. The minimum atomic E-state index is -4.82. The fourth-order valence-corrected chi connectivity index (χ4v) is 3.88. The van der Waals surface area contributed by atoms with E-state index in [1.807, 2.05) is 0 Å². The van der Waals surface area contributed by atoms with E-state index in [0.29, 0.717) is 36.5 Å². The summed E-state index contributed by atoms with van der Waals surface area (Å²) in [5.41, 5.74) is -0.236. The molecule has 0 radical (unpaired) electrons. The Morgan fingerprint density at radius 3 is 2.47 bits per heavy atom. The van der Waals surface area contributed by atoms with E-state index in [-0.39, 0.29) is 31.0 Å². The second-order valence-corrected chi connectivity index (χ2v) is 8.84. The zero-order valence-corrected chi connectivity index (χ0v) is 19.1. The highest BCUT2D eigenvalue weighted by Gasteiger charge is 2.35. The first-order valence-electron chi connectivity index (χ1n) is 10.6. The van der Waals surface area contributed by atoms with Crippen LogP contribution in [0, 0.1) is 11.2 Å². The van der Waals surface area contributed by atoms with Gasteiger partial charge in [-0.1, -0.05) is 12.1 Å². The molecule has 6 nitrogen and oxygen atoms in total. The number of halogens is 4. The molecule has 0 saturated carbocycles. The van der Waals surface area contributed by atoms with Crippen molar-refractivity contribution >= 4 is 17.5 Å². The molecule has 2 N–H and O–H groups in total. The summed E-state index contributed by atoms with van der Waals surface area (Å²) in [6.45, 7) is 3.69. The summed E-state index contributed by atoms with van der Waals surface area (Å²) in [4.78, 5) is 27.0. The van der Waals surface area contributed by atoms with E-state index in [1.54, 1.807) is 30.9 Å². The number of anilines is 1. The number of hydrogen-bond acceptors (Lipinski definition) is 4. The van der Waals surface area contributed by atoms with Crippen LogP contribution in [-0.2, 0) is 35.2 Å². The Morgan fingerprint density at radius 2 is 1.88 bits per heavy atom. The standard InChI is InChI=1S/C24H26F4N2O4/c1-23(2,13-31)22(33)30-9-8-16-15(12-30)5-7-19(34-3)21(16)29-20(32)11-14-4-6-17(18(25)10-14)24(26,27)28/h4-7,10,31H,8-9,11-13H2,1-3H3,(H,29,32). The summed E-state index contributed by atoms with van der Waals surface area (Å²) in [5.74, 6) is -1.79.